The normalized spacial score (nSPS) is 18.3. The van der Waals surface area contributed by atoms with E-state index in [4.69, 9.17) is 9.47 Å². The van der Waals surface area contributed by atoms with Gasteiger partial charge < -0.3 is 14.4 Å². The molecular formula is C18H30N2O5. The molecule has 1 heterocycles. The van der Waals surface area contributed by atoms with Crippen LogP contribution >= 0.6 is 0 Å². The number of hydrogen-bond acceptors (Lipinski definition) is 5. The van der Waals surface area contributed by atoms with Gasteiger partial charge in [-0.2, -0.15) is 0 Å². The summed E-state index contributed by atoms with van der Waals surface area (Å²) in [7, 11) is 1.61. The van der Waals surface area contributed by atoms with Crippen molar-refractivity contribution in [2.24, 2.45) is 0 Å². The molecule has 1 fully saturated rings. The van der Waals surface area contributed by atoms with Crippen molar-refractivity contribution in [3.63, 3.8) is 0 Å². The molecular weight excluding hydrogens is 324 g/mol. The molecule has 0 aromatic carbocycles. The molecule has 7 nitrogen and oxygen atoms in total. The highest BCUT2D eigenvalue weighted by molar-refractivity contribution is 6.04. The van der Waals surface area contributed by atoms with Crippen molar-refractivity contribution in [1.29, 1.82) is 0 Å². The summed E-state index contributed by atoms with van der Waals surface area (Å²) in [6.45, 7) is 12.7. The van der Waals surface area contributed by atoms with E-state index in [0.29, 0.717) is 12.0 Å². The Morgan fingerprint density at radius 3 is 2.12 bits per heavy atom. The number of likely N-dealkylation sites (tertiary alicyclic amines) is 1. The van der Waals surface area contributed by atoms with Gasteiger partial charge in [0.05, 0.1) is 6.04 Å². The van der Waals surface area contributed by atoms with E-state index in [2.05, 4.69) is 0 Å². The highest BCUT2D eigenvalue weighted by Gasteiger charge is 2.34. The monoisotopic (exact) mass is 354 g/mol. The quantitative estimate of drug-likeness (QED) is 0.711. The second-order valence-electron chi connectivity index (χ2n) is 8.21. The molecule has 1 rings (SSSR count). The first-order valence-electron chi connectivity index (χ1n) is 8.42. The minimum Gasteiger partial charge on any atom is -0.444 e. The maximum Gasteiger partial charge on any atom is 0.417 e. The Hall–Kier alpha value is -2.05. The number of amides is 3. The van der Waals surface area contributed by atoms with E-state index < -0.39 is 23.4 Å². The Bertz CT molecular complexity index is 569. The fourth-order valence-corrected chi connectivity index (χ4v) is 2.16. The van der Waals surface area contributed by atoms with Crippen molar-refractivity contribution in [1.82, 2.24) is 9.80 Å². The van der Waals surface area contributed by atoms with E-state index in [0.717, 1.165) is 4.90 Å². The summed E-state index contributed by atoms with van der Waals surface area (Å²) in [5.74, 6) is -0.376. The molecule has 0 aromatic rings. The van der Waals surface area contributed by atoms with Gasteiger partial charge in [0.25, 0.3) is 5.91 Å². The van der Waals surface area contributed by atoms with E-state index in [1.165, 1.54) is 4.90 Å². The summed E-state index contributed by atoms with van der Waals surface area (Å²) in [6.07, 6.45) is 1.02. The molecule has 1 aliphatic heterocycles. The maximum atomic E-state index is 12.4. The SMILES string of the molecule is CC(/C=C1\CCN(C(=O)OC(C)(C)C)C1=O)N(C)C(=O)OC(C)(C)C. The van der Waals surface area contributed by atoms with Gasteiger partial charge in [-0.1, -0.05) is 6.08 Å². The minimum atomic E-state index is -0.659. The van der Waals surface area contributed by atoms with Crippen LogP contribution in [0.3, 0.4) is 0 Å². The van der Waals surface area contributed by atoms with Crippen molar-refractivity contribution in [3.05, 3.63) is 11.6 Å². The molecule has 0 spiro atoms. The number of carbonyl (C=O) groups excluding carboxylic acids is 3. The Balaban J connectivity index is 2.77. The van der Waals surface area contributed by atoms with Crippen LogP contribution in [0.2, 0.25) is 0 Å². The summed E-state index contributed by atoms with van der Waals surface area (Å²) in [4.78, 5) is 39.1. The second-order valence-corrected chi connectivity index (χ2v) is 8.21. The van der Waals surface area contributed by atoms with Gasteiger partial charge >= 0.3 is 12.2 Å². The number of nitrogens with zero attached hydrogens (tertiary/aromatic N) is 2. The first-order valence-corrected chi connectivity index (χ1v) is 8.42. The van der Waals surface area contributed by atoms with Gasteiger partial charge in [0.1, 0.15) is 11.2 Å². The van der Waals surface area contributed by atoms with E-state index in [1.807, 2.05) is 0 Å². The van der Waals surface area contributed by atoms with Gasteiger partial charge in [-0.05, 0) is 54.9 Å². The third-order valence-corrected chi connectivity index (χ3v) is 3.47. The van der Waals surface area contributed by atoms with Crippen LogP contribution in [0.4, 0.5) is 9.59 Å². The van der Waals surface area contributed by atoms with Crippen LogP contribution in [-0.4, -0.2) is 58.7 Å². The van der Waals surface area contributed by atoms with E-state index in [9.17, 15) is 14.4 Å². The minimum absolute atomic E-state index is 0.280. The van der Waals surface area contributed by atoms with E-state index in [-0.39, 0.29) is 18.5 Å². The topological polar surface area (TPSA) is 76.2 Å². The second kappa shape index (κ2) is 7.45. The lowest BCUT2D eigenvalue weighted by atomic mass is 10.1. The zero-order valence-electron chi connectivity index (χ0n) is 16.5. The highest BCUT2D eigenvalue weighted by Crippen LogP contribution is 2.22. The first-order chi connectivity index (χ1) is 11.2. The van der Waals surface area contributed by atoms with Gasteiger partial charge in [-0.15, -0.1) is 0 Å². The van der Waals surface area contributed by atoms with Crippen molar-refractivity contribution in [3.8, 4) is 0 Å². The zero-order chi connectivity index (χ0) is 19.6. The van der Waals surface area contributed by atoms with Gasteiger partial charge in [-0.3, -0.25) is 4.79 Å². The van der Waals surface area contributed by atoms with Crippen LogP contribution in [0.15, 0.2) is 11.6 Å². The highest BCUT2D eigenvalue weighted by atomic mass is 16.6. The van der Waals surface area contributed by atoms with Crippen molar-refractivity contribution < 1.29 is 23.9 Å². The molecule has 3 amide bonds. The summed E-state index contributed by atoms with van der Waals surface area (Å²) in [5.41, 5.74) is -0.753. The summed E-state index contributed by atoms with van der Waals surface area (Å²) in [6, 6.07) is -0.340. The van der Waals surface area contributed by atoms with Crippen molar-refractivity contribution >= 4 is 18.1 Å². The van der Waals surface area contributed by atoms with Crippen LogP contribution < -0.4 is 0 Å². The summed E-state index contributed by atoms with van der Waals surface area (Å²) in [5, 5.41) is 0. The number of ether oxygens (including phenoxy) is 2. The molecule has 0 bridgehead atoms. The fourth-order valence-electron chi connectivity index (χ4n) is 2.16. The van der Waals surface area contributed by atoms with Gasteiger partial charge in [0.15, 0.2) is 0 Å². The molecule has 0 aromatic heterocycles. The lowest BCUT2D eigenvalue weighted by Gasteiger charge is -2.27. The number of imide groups is 1. The van der Waals surface area contributed by atoms with E-state index in [1.54, 1.807) is 61.6 Å². The van der Waals surface area contributed by atoms with E-state index >= 15 is 0 Å². The molecule has 1 atom stereocenters. The number of hydrogen-bond donors (Lipinski definition) is 0. The molecule has 1 unspecified atom stereocenters. The standard InChI is InChI=1S/C18H30N2O5/c1-12(19(8)15(22)24-17(2,3)4)11-13-9-10-20(14(13)21)16(23)25-18(5,6)7/h11-12H,9-10H2,1-8H3/b13-11+. The predicted octanol–water partition coefficient (Wildman–Crippen LogP) is 3.34. The largest absolute Gasteiger partial charge is 0.444 e. The zero-order valence-corrected chi connectivity index (χ0v) is 16.5. The summed E-state index contributed by atoms with van der Waals surface area (Å²) >= 11 is 0. The van der Waals surface area contributed by atoms with Crippen LogP contribution in [0.5, 0.6) is 0 Å². The maximum absolute atomic E-state index is 12.4. The Morgan fingerprint density at radius 2 is 1.64 bits per heavy atom. The molecule has 1 aliphatic rings. The molecule has 1 saturated heterocycles. The predicted molar refractivity (Wildman–Crippen MR) is 94.1 cm³/mol. The van der Waals surface area contributed by atoms with Crippen molar-refractivity contribution in [2.45, 2.75) is 72.1 Å². The first kappa shape index (κ1) is 21.0. The molecule has 0 N–H and O–H groups in total. The smallest absolute Gasteiger partial charge is 0.417 e. The lowest BCUT2D eigenvalue weighted by molar-refractivity contribution is -0.124. The van der Waals surface area contributed by atoms with Crippen LogP contribution in [0, 0.1) is 0 Å². The molecule has 7 heteroatoms. The Morgan fingerprint density at radius 1 is 1.12 bits per heavy atom. The van der Waals surface area contributed by atoms with Crippen molar-refractivity contribution in [2.75, 3.05) is 13.6 Å². The lowest BCUT2D eigenvalue weighted by Crippen LogP contribution is -2.39. The van der Waals surface area contributed by atoms with Gasteiger partial charge in [-0.25, -0.2) is 14.5 Å². The molecule has 0 saturated carbocycles. The molecule has 0 radical (unpaired) electrons. The van der Waals surface area contributed by atoms with Crippen LogP contribution in [0.1, 0.15) is 54.9 Å². The molecule has 0 aliphatic carbocycles. The number of carbonyl (C=O) groups is 3. The van der Waals surface area contributed by atoms with Gasteiger partial charge in [0.2, 0.25) is 0 Å². The number of rotatable bonds is 2. The average Bonchev–Trinajstić information content (AvgIpc) is 2.75. The summed E-state index contributed by atoms with van der Waals surface area (Å²) < 4.78 is 10.6. The molecule has 142 valence electrons. The average molecular weight is 354 g/mol. The fraction of sp³-hybridized carbons (Fsp3) is 0.722. The van der Waals surface area contributed by atoms with Crippen LogP contribution in [-0.2, 0) is 14.3 Å². The number of likely N-dealkylation sites (N-methyl/N-ethyl adjacent to an activating group) is 1. The van der Waals surface area contributed by atoms with Crippen LogP contribution in [0.25, 0.3) is 0 Å². The van der Waals surface area contributed by atoms with Gasteiger partial charge in [0, 0.05) is 19.2 Å². The third-order valence-electron chi connectivity index (χ3n) is 3.47. The Kier molecular flexibility index (Phi) is 6.26. The molecule has 25 heavy (non-hydrogen) atoms. The Labute approximate surface area is 149 Å². The third kappa shape index (κ3) is 6.40.